The second kappa shape index (κ2) is 5.13. The van der Waals surface area contributed by atoms with E-state index >= 15 is 0 Å². The van der Waals surface area contributed by atoms with Gasteiger partial charge in [0.15, 0.2) is 0 Å². The van der Waals surface area contributed by atoms with Gasteiger partial charge in [-0.3, -0.25) is 24.5 Å². The van der Waals surface area contributed by atoms with Crippen molar-refractivity contribution in [3.05, 3.63) is 0 Å². The van der Waals surface area contributed by atoms with E-state index < -0.39 is 34.6 Å². The number of aliphatic carboxylic acids is 1. The molecule has 0 radical (unpaired) electrons. The number of carbonyl (C=O) groups is 4. The summed E-state index contributed by atoms with van der Waals surface area (Å²) in [6.07, 6.45) is 2.32. The maximum Gasteiger partial charge on any atom is 0.310 e. The van der Waals surface area contributed by atoms with E-state index in [1.54, 1.807) is 13.8 Å². The third-order valence-electron chi connectivity index (χ3n) is 4.59. The molecule has 0 atom stereocenters. The van der Waals surface area contributed by atoms with E-state index in [9.17, 15) is 24.3 Å². The van der Waals surface area contributed by atoms with Crippen molar-refractivity contribution in [2.45, 2.75) is 51.5 Å². The smallest absolute Gasteiger partial charge is 0.310 e. The quantitative estimate of drug-likeness (QED) is 0.728. The molecule has 1 saturated heterocycles. The molecular weight excluding hydrogens is 276 g/mol. The zero-order chi connectivity index (χ0) is 15.8. The third kappa shape index (κ3) is 2.64. The van der Waals surface area contributed by atoms with Gasteiger partial charge in [-0.05, 0) is 26.7 Å². The molecule has 1 heterocycles. The first-order valence-electron chi connectivity index (χ1n) is 7.07. The highest BCUT2D eigenvalue weighted by atomic mass is 16.4. The summed E-state index contributed by atoms with van der Waals surface area (Å²) in [5, 5.41) is 11.6. The molecule has 1 aliphatic carbocycles. The van der Waals surface area contributed by atoms with Crippen LogP contribution in [0.2, 0.25) is 0 Å². The van der Waals surface area contributed by atoms with Crippen LogP contribution >= 0.6 is 0 Å². The predicted octanol–water partition coefficient (Wildman–Crippen LogP) is 0.285. The zero-order valence-electron chi connectivity index (χ0n) is 12.3. The lowest BCUT2D eigenvalue weighted by Crippen LogP contribution is -2.65. The Kier molecular flexibility index (Phi) is 3.78. The Bertz CT molecular complexity index is 505. The van der Waals surface area contributed by atoms with Crippen LogP contribution in [0.1, 0.15) is 46.0 Å². The van der Waals surface area contributed by atoms with Gasteiger partial charge in [0.2, 0.25) is 11.8 Å². The fourth-order valence-electron chi connectivity index (χ4n) is 3.09. The molecule has 0 unspecified atom stereocenters. The summed E-state index contributed by atoms with van der Waals surface area (Å²) in [6, 6.07) is 0. The minimum atomic E-state index is -1.15. The van der Waals surface area contributed by atoms with E-state index in [-0.39, 0.29) is 13.0 Å². The van der Waals surface area contributed by atoms with Crippen molar-refractivity contribution < 1.29 is 24.3 Å². The summed E-state index contributed by atoms with van der Waals surface area (Å²) in [4.78, 5) is 48.5. The number of imide groups is 1. The first-order chi connectivity index (χ1) is 9.69. The first kappa shape index (κ1) is 15.5. The molecule has 1 saturated carbocycles. The summed E-state index contributed by atoms with van der Waals surface area (Å²) in [6.45, 7) is 2.89. The van der Waals surface area contributed by atoms with Crippen LogP contribution in [-0.4, -0.2) is 45.8 Å². The van der Waals surface area contributed by atoms with Gasteiger partial charge in [-0.25, -0.2) is 0 Å². The number of rotatable bonds is 3. The van der Waals surface area contributed by atoms with Crippen molar-refractivity contribution in [2.75, 3.05) is 6.54 Å². The van der Waals surface area contributed by atoms with Crippen LogP contribution in [0.5, 0.6) is 0 Å². The van der Waals surface area contributed by atoms with E-state index in [4.69, 9.17) is 0 Å². The predicted molar refractivity (Wildman–Crippen MR) is 72.1 cm³/mol. The molecule has 3 amide bonds. The fourth-order valence-corrected chi connectivity index (χ4v) is 3.09. The van der Waals surface area contributed by atoms with Crippen LogP contribution in [0.4, 0.5) is 0 Å². The van der Waals surface area contributed by atoms with Crippen molar-refractivity contribution >= 4 is 23.7 Å². The molecule has 7 heteroatoms. The highest BCUT2D eigenvalue weighted by Gasteiger charge is 2.48. The lowest BCUT2D eigenvalue weighted by molar-refractivity contribution is -0.160. The van der Waals surface area contributed by atoms with Crippen LogP contribution in [0.25, 0.3) is 0 Å². The van der Waals surface area contributed by atoms with Gasteiger partial charge in [-0.1, -0.05) is 12.8 Å². The topological polar surface area (TPSA) is 104 Å². The maximum atomic E-state index is 12.5. The number of nitrogens with one attached hydrogen (secondary N) is 1. The molecule has 1 aliphatic heterocycles. The van der Waals surface area contributed by atoms with Gasteiger partial charge < -0.3 is 10.0 Å². The van der Waals surface area contributed by atoms with Gasteiger partial charge in [-0.15, -0.1) is 0 Å². The standard InChI is InChI=1S/C14H20N2O5/c1-13(2)11(19)15-9(17)8-16(13)10(18)7-14(12(20)21)5-3-4-6-14/h3-8H2,1-2H3,(H,20,21)(H,15,17,19). The average molecular weight is 296 g/mol. The molecule has 2 aliphatic rings. The van der Waals surface area contributed by atoms with Crippen molar-refractivity contribution in [1.29, 1.82) is 0 Å². The maximum absolute atomic E-state index is 12.5. The normalized spacial score (nSPS) is 23.8. The highest BCUT2D eigenvalue weighted by molar-refractivity contribution is 6.06. The minimum Gasteiger partial charge on any atom is -0.481 e. The van der Waals surface area contributed by atoms with Gasteiger partial charge in [0.05, 0.1) is 5.41 Å². The van der Waals surface area contributed by atoms with E-state index in [1.165, 1.54) is 4.90 Å². The molecule has 0 bridgehead atoms. The SMILES string of the molecule is CC1(C)C(=O)NC(=O)CN1C(=O)CC1(C(=O)O)CCCC1. The largest absolute Gasteiger partial charge is 0.481 e. The van der Waals surface area contributed by atoms with E-state index in [0.717, 1.165) is 12.8 Å². The van der Waals surface area contributed by atoms with Crippen molar-refractivity contribution in [3.8, 4) is 0 Å². The molecule has 0 spiro atoms. The van der Waals surface area contributed by atoms with Crippen LogP contribution in [0.15, 0.2) is 0 Å². The average Bonchev–Trinajstić information content (AvgIpc) is 2.83. The number of hydrogen-bond acceptors (Lipinski definition) is 4. The number of amides is 3. The van der Waals surface area contributed by atoms with Gasteiger partial charge >= 0.3 is 5.97 Å². The van der Waals surface area contributed by atoms with E-state index in [0.29, 0.717) is 12.8 Å². The molecule has 0 aromatic carbocycles. The Morgan fingerprint density at radius 1 is 1.24 bits per heavy atom. The van der Waals surface area contributed by atoms with Crippen molar-refractivity contribution in [3.63, 3.8) is 0 Å². The highest BCUT2D eigenvalue weighted by Crippen LogP contribution is 2.42. The zero-order valence-corrected chi connectivity index (χ0v) is 12.3. The van der Waals surface area contributed by atoms with Crippen molar-refractivity contribution in [1.82, 2.24) is 10.2 Å². The van der Waals surface area contributed by atoms with Crippen molar-refractivity contribution in [2.24, 2.45) is 5.41 Å². The summed E-state index contributed by atoms with van der Waals surface area (Å²) in [5.74, 6) is -2.50. The molecule has 21 heavy (non-hydrogen) atoms. The van der Waals surface area contributed by atoms with Crippen LogP contribution in [0, 0.1) is 5.41 Å². The number of carbonyl (C=O) groups excluding carboxylic acids is 3. The van der Waals surface area contributed by atoms with Crippen LogP contribution in [-0.2, 0) is 19.2 Å². The Hall–Kier alpha value is -1.92. The number of hydrogen-bond donors (Lipinski definition) is 2. The monoisotopic (exact) mass is 296 g/mol. The molecule has 0 aromatic heterocycles. The fraction of sp³-hybridized carbons (Fsp3) is 0.714. The summed E-state index contributed by atoms with van der Waals surface area (Å²) in [7, 11) is 0. The van der Waals surface area contributed by atoms with Gasteiger partial charge in [0, 0.05) is 6.42 Å². The molecule has 7 nitrogen and oxygen atoms in total. The molecule has 2 fully saturated rings. The summed E-state index contributed by atoms with van der Waals surface area (Å²) in [5.41, 5.74) is -2.20. The summed E-state index contributed by atoms with van der Waals surface area (Å²) >= 11 is 0. The Morgan fingerprint density at radius 3 is 2.33 bits per heavy atom. The molecular formula is C14H20N2O5. The van der Waals surface area contributed by atoms with Gasteiger partial charge in [-0.2, -0.15) is 0 Å². The lowest BCUT2D eigenvalue weighted by Gasteiger charge is -2.41. The number of carboxylic acids is 1. The number of nitrogens with zero attached hydrogens (tertiary/aromatic N) is 1. The third-order valence-corrected chi connectivity index (χ3v) is 4.59. The molecule has 2 rings (SSSR count). The van der Waals surface area contributed by atoms with E-state index in [1.807, 2.05) is 0 Å². The van der Waals surface area contributed by atoms with Gasteiger partial charge in [0.1, 0.15) is 12.1 Å². The first-order valence-corrected chi connectivity index (χ1v) is 7.07. The van der Waals surface area contributed by atoms with Crippen LogP contribution < -0.4 is 5.32 Å². The molecule has 116 valence electrons. The Morgan fingerprint density at radius 2 is 1.81 bits per heavy atom. The molecule has 0 aromatic rings. The van der Waals surface area contributed by atoms with Crippen LogP contribution in [0.3, 0.4) is 0 Å². The number of piperazine rings is 1. The second-order valence-electron chi connectivity index (χ2n) is 6.39. The minimum absolute atomic E-state index is 0.160. The Balaban J connectivity index is 2.20. The van der Waals surface area contributed by atoms with Gasteiger partial charge in [0.25, 0.3) is 5.91 Å². The Labute approximate surface area is 122 Å². The lowest BCUT2D eigenvalue weighted by atomic mass is 9.81. The number of carboxylic acid groups (broad SMARTS) is 1. The molecule has 2 N–H and O–H groups in total. The summed E-state index contributed by atoms with van der Waals surface area (Å²) < 4.78 is 0. The second-order valence-corrected chi connectivity index (χ2v) is 6.39. The van der Waals surface area contributed by atoms with E-state index in [2.05, 4.69) is 5.32 Å².